The fraction of sp³-hybridized carbons (Fsp3) is 0.263. The molecule has 3 rings (SSSR count). The van der Waals surface area contributed by atoms with Gasteiger partial charge in [0.05, 0.1) is 11.0 Å². The van der Waals surface area contributed by atoms with Gasteiger partial charge in [0.15, 0.2) is 0 Å². The van der Waals surface area contributed by atoms with E-state index in [0.29, 0.717) is 19.4 Å². The summed E-state index contributed by atoms with van der Waals surface area (Å²) in [6, 6.07) is 17.6. The molecule has 1 unspecified atom stereocenters. The Hall–Kier alpha value is -2.08. The summed E-state index contributed by atoms with van der Waals surface area (Å²) in [6.45, 7) is 0.510. The molecule has 5 nitrogen and oxygen atoms in total. The van der Waals surface area contributed by atoms with Crippen molar-refractivity contribution in [1.82, 2.24) is 14.9 Å². The first-order chi connectivity index (χ1) is 11.7. The molecule has 3 aromatic rings. The first kappa shape index (κ1) is 22.0. The average molecular weight is 395 g/mol. The second-order valence-corrected chi connectivity index (χ2v) is 5.82. The van der Waals surface area contributed by atoms with Crippen molar-refractivity contribution >= 4 is 41.8 Å². The predicted octanol–water partition coefficient (Wildman–Crippen LogP) is 3.36. The number of para-hydroxylation sites is 2. The van der Waals surface area contributed by atoms with Crippen LogP contribution >= 0.6 is 24.8 Å². The molecule has 3 N–H and O–H groups in total. The Labute approximate surface area is 165 Å². The fourth-order valence-corrected chi connectivity index (χ4v) is 2.86. The fourth-order valence-electron chi connectivity index (χ4n) is 2.86. The van der Waals surface area contributed by atoms with Gasteiger partial charge in [-0.3, -0.25) is 4.79 Å². The maximum Gasteiger partial charge on any atom is 0.220 e. The SMILES string of the molecule is Cl.Cl.Cn1c(C(NC(=O)CCCN)c2ccccc2)nc2ccccc21. The summed E-state index contributed by atoms with van der Waals surface area (Å²) in [5, 5.41) is 3.11. The zero-order valence-corrected chi connectivity index (χ0v) is 16.2. The molecule has 0 aliphatic carbocycles. The van der Waals surface area contributed by atoms with Crippen LogP contribution in [0.4, 0.5) is 0 Å². The van der Waals surface area contributed by atoms with Crippen LogP contribution in [-0.2, 0) is 11.8 Å². The smallest absolute Gasteiger partial charge is 0.220 e. The van der Waals surface area contributed by atoms with E-state index in [1.54, 1.807) is 0 Å². The van der Waals surface area contributed by atoms with Crippen LogP contribution in [0.1, 0.15) is 30.3 Å². The number of nitrogens with two attached hydrogens (primary N) is 1. The Kier molecular flexibility index (Phi) is 8.58. The molecule has 0 bridgehead atoms. The lowest BCUT2D eigenvalue weighted by molar-refractivity contribution is -0.121. The van der Waals surface area contributed by atoms with Gasteiger partial charge in [-0.05, 0) is 30.7 Å². The van der Waals surface area contributed by atoms with Crippen LogP contribution in [0.15, 0.2) is 54.6 Å². The molecular weight excluding hydrogens is 371 g/mol. The van der Waals surface area contributed by atoms with E-state index in [1.165, 1.54) is 0 Å². The third-order valence-corrected chi connectivity index (χ3v) is 4.13. The molecule has 0 fully saturated rings. The van der Waals surface area contributed by atoms with Crippen LogP contribution in [0.2, 0.25) is 0 Å². The molecule has 0 aliphatic heterocycles. The Bertz CT molecular complexity index is 836. The van der Waals surface area contributed by atoms with E-state index < -0.39 is 0 Å². The monoisotopic (exact) mass is 394 g/mol. The van der Waals surface area contributed by atoms with E-state index in [-0.39, 0.29) is 36.8 Å². The van der Waals surface area contributed by atoms with Crippen LogP contribution in [0.5, 0.6) is 0 Å². The minimum absolute atomic E-state index is 0. The summed E-state index contributed by atoms with van der Waals surface area (Å²) < 4.78 is 2.04. The van der Waals surface area contributed by atoms with Crippen LogP contribution in [-0.4, -0.2) is 22.0 Å². The van der Waals surface area contributed by atoms with Crippen LogP contribution in [0.3, 0.4) is 0 Å². The van der Waals surface area contributed by atoms with Crippen molar-refractivity contribution < 1.29 is 4.79 Å². The number of carbonyl (C=O) groups excluding carboxylic acids is 1. The van der Waals surface area contributed by atoms with E-state index in [9.17, 15) is 4.79 Å². The molecule has 0 radical (unpaired) electrons. The standard InChI is InChI=1S/C19H22N4O.2ClH/c1-23-16-11-6-5-10-15(16)21-19(23)18(14-8-3-2-4-9-14)22-17(24)12-7-13-20;;/h2-6,8-11,18H,7,12-13,20H2,1H3,(H,22,24);2*1H. The second kappa shape index (κ2) is 10.2. The zero-order chi connectivity index (χ0) is 16.9. The van der Waals surface area contributed by atoms with Crippen molar-refractivity contribution in [3.05, 3.63) is 66.0 Å². The number of fused-ring (bicyclic) bond motifs is 1. The lowest BCUT2D eigenvalue weighted by atomic mass is 10.1. The Morgan fingerprint density at radius 1 is 1.12 bits per heavy atom. The van der Waals surface area contributed by atoms with Gasteiger partial charge in [-0.15, -0.1) is 24.8 Å². The summed E-state index contributed by atoms with van der Waals surface area (Å²) in [6.07, 6.45) is 1.10. The Morgan fingerprint density at radius 2 is 1.77 bits per heavy atom. The number of halogens is 2. The van der Waals surface area contributed by atoms with E-state index >= 15 is 0 Å². The van der Waals surface area contributed by atoms with Gasteiger partial charge in [0.2, 0.25) is 5.91 Å². The van der Waals surface area contributed by atoms with E-state index in [0.717, 1.165) is 22.4 Å². The average Bonchev–Trinajstić information content (AvgIpc) is 2.95. The van der Waals surface area contributed by atoms with Crippen molar-refractivity contribution in [2.75, 3.05) is 6.54 Å². The van der Waals surface area contributed by atoms with Crippen molar-refractivity contribution in [3.8, 4) is 0 Å². The maximum atomic E-state index is 12.3. The number of aromatic nitrogens is 2. The first-order valence-electron chi connectivity index (χ1n) is 8.16. The number of imidazole rings is 1. The molecule has 1 aromatic heterocycles. The first-order valence-corrected chi connectivity index (χ1v) is 8.16. The molecular formula is C19H24Cl2N4O. The zero-order valence-electron chi connectivity index (χ0n) is 14.6. The van der Waals surface area contributed by atoms with Gasteiger partial charge >= 0.3 is 0 Å². The quantitative estimate of drug-likeness (QED) is 0.672. The lowest BCUT2D eigenvalue weighted by Crippen LogP contribution is -2.31. The molecule has 140 valence electrons. The number of nitrogens with one attached hydrogen (secondary N) is 1. The van der Waals surface area contributed by atoms with Gasteiger partial charge in [-0.25, -0.2) is 4.98 Å². The van der Waals surface area contributed by atoms with Gasteiger partial charge in [0, 0.05) is 13.5 Å². The number of amides is 1. The highest BCUT2D eigenvalue weighted by Gasteiger charge is 2.22. The number of rotatable bonds is 6. The molecule has 1 atom stereocenters. The molecule has 0 aliphatic rings. The van der Waals surface area contributed by atoms with Crippen molar-refractivity contribution in [3.63, 3.8) is 0 Å². The van der Waals surface area contributed by atoms with Gasteiger partial charge in [0.25, 0.3) is 0 Å². The summed E-state index contributed by atoms with van der Waals surface area (Å²) in [5.74, 6) is 0.810. The number of benzene rings is 2. The van der Waals surface area contributed by atoms with E-state index in [4.69, 9.17) is 10.7 Å². The number of nitrogens with zero attached hydrogens (tertiary/aromatic N) is 2. The minimum Gasteiger partial charge on any atom is -0.342 e. The molecule has 0 saturated heterocycles. The highest BCUT2D eigenvalue weighted by atomic mass is 35.5. The number of aryl methyl sites for hydroxylation is 1. The predicted molar refractivity (Wildman–Crippen MR) is 110 cm³/mol. The molecule has 1 heterocycles. The van der Waals surface area contributed by atoms with Gasteiger partial charge in [-0.1, -0.05) is 42.5 Å². The topological polar surface area (TPSA) is 72.9 Å². The lowest BCUT2D eigenvalue weighted by Gasteiger charge is -2.19. The van der Waals surface area contributed by atoms with Crippen LogP contribution in [0.25, 0.3) is 11.0 Å². The molecule has 26 heavy (non-hydrogen) atoms. The van der Waals surface area contributed by atoms with Crippen molar-refractivity contribution in [2.45, 2.75) is 18.9 Å². The van der Waals surface area contributed by atoms with Crippen LogP contribution in [0, 0.1) is 0 Å². The summed E-state index contributed by atoms with van der Waals surface area (Å²) in [7, 11) is 1.98. The maximum absolute atomic E-state index is 12.3. The third-order valence-electron chi connectivity index (χ3n) is 4.13. The largest absolute Gasteiger partial charge is 0.342 e. The molecule has 0 saturated carbocycles. The van der Waals surface area contributed by atoms with E-state index in [2.05, 4.69) is 5.32 Å². The Balaban J connectivity index is 0.00000169. The van der Waals surface area contributed by atoms with Gasteiger partial charge < -0.3 is 15.6 Å². The number of carbonyl (C=O) groups is 1. The summed E-state index contributed by atoms with van der Waals surface area (Å²) in [5.41, 5.74) is 8.49. The summed E-state index contributed by atoms with van der Waals surface area (Å²) >= 11 is 0. The molecule has 2 aromatic carbocycles. The van der Waals surface area contributed by atoms with Crippen molar-refractivity contribution in [1.29, 1.82) is 0 Å². The number of hydrogen-bond acceptors (Lipinski definition) is 3. The van der Waals surface area contributed by atoms with Gasteiger partial charge in [-0.2, -0.15) is 0 Å². The third kappa shape index (κ3) is 4.75. The molecule has 7 heteroatoms. The summed E-state index contributed by atoms with van der Waals surface area (Å²) in [4.78, 5) is 17.0. The van der Waals surface area contributed by atoms with Crippen LogP contribution < -0.4 is 11.1 Å². The molecule has 0 spiro atoms. The number of hydrogen-bond donors (Lipinski definition) is 2. The second-order valence-electron chi connectivity index (χ2n) is 5.82. The normalized spacial score (nSPS) is 11.3. The Morgan fingerprint density at radius 3 is 2.42 bits per heavy atom. The van der Waals surface area contributed by atoms with Gasteiger partial charge in [0.1, 0.15) is 11.9 Å². The highest BCUT2D eigenvalue weighted by Crippen LogP contribution is 2.25. The molecule has 1 amide bonds. The van der Waals surface area contributed by atoms with E-state index in [1.807, 2.05) is 66.2 Å². The van der Waals surface area contributed by atoms with Crippen molar-refractivity contribution in [2.24, 2.45) is 12.8 Å². The minimum atomic E-state index is -0.283. The highest BCUT2D eigenvalue weighted by molar-refractivity contribution is 5.85.